The third-order valence-electron chi connectivity index (χ3n) is 7.62. The molecular formula is C38H36N2. The topological polar surface area (TPSA) is 20.7 Å². The van der Waals surface area contributed by atoms with Crippen LogP contribution in [0.3, 0.4) is 0 Å². The lowest BCUT2D eigenvalue weighted by atomic mass is 9.97. The first-order valence-corrected chi connectivity index (χ1v) is 13.9. The van der Waals surface area contributed by atoms with Crippen LogP contribution in [-0.4, -0.2) is 9.55 Å². The molecule has 2 heteroatoms. The normalized spacial score (nSPS) is 11.4. The molecule has 198 valence electrons. The summed E-state index contributed by atoms with van der Waals surface area (Å²) in [4.78, 5) is 3.57. The van der Waals surface area contributed by atoms with Gasteiger partial charge in [0.25, 0.3) is 0 Å². The second-order valence-corrected chi connectivity index (χ2v) is 9.67. The molecule has 1 N–H and O–H groups in total. The zero-order valence-electron chi connectivity index (χ0n) is 23.9. The molecule has 0 unspecified atom stereocenters. The smallest absolute Gasteiger partial charge is 0.0590 e. The third kappa shape index (κ3) is 4.32. The first-order valence-electron chi connectivity index (χ1n) is 13.9. The minimum Gasteiger partial charge on any atom is -0.354 e. The molecule has 7 rings (SSSR count). The van der Waals surface area contributed by atoms with E-state index in [-0.39, 0.29) is 0 Å². The molecule has 0 aliphatic heterocycles. The molecule has 0 saturated carbocycles. The van der Waals surface area contributed by atoms with Gasteiger partial charge in [0, 0.05) is 45.1 Å². The number of rotatable bonds is 2. The highest BCUT2D eigenvalue weighted by Crippen LogP contribution is 2.40. The first-order chi connectivity index (χ1) is 19.5. The third-order valence-corrected chi connectivity index (χ3v) is 7.62. The molecule has 0 aliphatic carbocycles. The van der Waals surface area contributed by atoms with Crippen LogP contribution in [0.2, 0.25) is 0 Å². The highest BCUT2D eigenvalue weighted by molar-refractivity contribution is 6.29. The van der Waals surface area contributed by atoms with Gasteiger partial charge in [-0.05, 0) is 69.6 Å². The van der Waals surface area contributed by atoms with Crippen molar-refractivity contribution in [2.45, 2.75) is 20.8 Å². The summed E-state index contributed by atoms with van der Waals surface area (Å²) in [7, 11) is 2.17. The van der Waals surface area contributed by atoms with Crippen LogP contribution in [0.5, 0.6) is 0 Å². The minimum atomic E-state index is 1.10. The molecule has 0 fully saturated rings. The molecule has 0 radical (unpaired) electrons. The second kappa shape index (κ2) is 11.1. The van der Waals surface area contributed by atoms with E-state index < -0.39 is 0 Å². The highest BCUT2D eigenvalue weighted by atomic mass is 14.9. The Kier molecular flexibility index (Phi) is 7.44. The largest absolute Gasteiger partial charge is 0.354 e. The molecule has 0 atom stereocenters. The van der Waals surface area contributed by atoms with E-state index in [1.165, 1.54) is 59.6 Å². The van der Waals surface area contributed by atoms with Gasteiger partial charge in [-0.15, -0.1) is 0 Å². The van der Waals surface area contributed by atoms with E-state index in [4.69, 9.17) is 0 Å². The fraction of sp³-hybridized carbons (Fsp3) is 0.105. The number of fused-ring (bicyclic) bond motifs is 9. The maximum Gasteiger partial charge on any atom is 0.0590 e. The number of nitrogens with one attached hydrogen (secondary N) is 1. The van der Waals surface area contributed by atoms with Gasteiger partial charge in [-0.25, -0.2) is 0 Å². The first kappa shape index (κ1) is 26.8. The molecule has 40 heavy (non-hydrogen) atoms. The number of benzene rings is 5. The van der Waals surface area contributed by atoms with Gasteiger partial charge in [-0.3, -0.25) is 0 Å². The van der Waals surface area contributed by atoms with Gasteiger partial charge >= 0.3 is 0 Å². The van der Waals surface area contributed by atoms with Gasteiger partial charge < -0.3 is 9.55 Å². The maximum atomic E-state index is 4.00. The van der Waals surface area contributed by atoms with Gasteiger partial charge in [-0.1, -0.05) is 106 Å². The Morgan fingerprint density at radius 1 is 0.700 bits per heavy atom. The van der Waals surface area contributed by atoms with E-state index in [0.717, 1.165) is 16.3 Å². The van der Waals surface area contributed by atoms with Crippen molar-refractivity contribution < 1.29 is 0 Å². The Morgan fingerprint density at radius 3 is 2.10 bits per heavy atom. The molecule has 2 heterocycles. The lowest BCUT2D eigenvalue weighted by Gasteiger charge is -2.07. The number of nitrogens with zero attached hydrogens (tertiary/aromatic N) is 1. The van der Waals surface area contributed by atoms with E-state index in [9.17, 15) is 0 Å². The molecule has 5 aromatic carbocycles. The van der Waals surface area contributed by atoms with E-state index in [2.05, 4.69) is 109 Å². The molecule has 2 nitrogen and oxygen atoms in total. The van der Waals surface area contributed by atoms with Crippen molar-refractivity contribution >= 4 is 79.2 Å². The molecule has 0 spiro atoms. The fourth-order valence-corrected chi connectivity index (χ4v) is 5.72. The summed E-state index contributed by atoms with van der Waals surface area (Å²) in [5.74, 6) is 0. The highest BCUT2D eigenvalue weighted by Gasteiger charge is 2.17. The van der Waals surface area contributed by atoms with Crippen molar-refractivity contribution in [2.75, 3.05) is 0 Å². The predicted octanol–water partition coefficient (Wildman–Crippen LogP) is 9.33. The molecule has 0 saturated heterocycles. The Labute approximate surface area is 235 Å². The zero-order chi connectivity index (χ0) is 28.4. The lowest BCUT2D eigenvalue weighted by Crippen LogP contribution is -2.20. The van der Waals surface area contributed by atoms with Crippen molar-refractivity contribution in [3.8, 4) is 0 Å². The van der Waals surface area contributed by atoms with Gasteiger partial charge in [0.05, 0.1) is 5.52 Å². The molecule has 0 aliphatic rings. The van der Waals surface area contributed by atoms with Gasteiger partial charge in [0.2, 0.25) is 0 Å². The predicted molar refractivity (Wildman–Crippen MR) is 180 cm³/mol. The Morgan fingerprint density at radius 2 is 1.40 bits per heavy atom. The Balaban J connectivity index is 0.000000250. The molecular weight excluding hydrogens is 484 g/mol. The summed E-state index contributed by atoms with van der Waals surface area (Å²) in [6, 6.07) is 30.0. The number of hydrogen-bond donors (Lipinski definition) is 1. The molecule has 0 bridgehead atoms. The van der Waals surface area contributed by atoms with Gasteiger partial charge in [0.15, 0.2) is 0 Å². The zero-order valence-corrected chi connectivity index (χ0v) is 23.9. The summed E-state index contributed by atoms with van der Waals surface area (Å²) in [6.07, 6.45) is 5.87. The van der Waals surface area contributed by atoms with Crippen LogP contribution in [0.1, 0.15) is 31.9 Å². The molecule has 0 amide bonds. The van der Waals surface area contributed by atoms with Gasteiger partial charge in [-0.2, -0.15) is 0 Å². The summed E-state index contributed by atoms with van der Waals surface area (Å²) in [5.41, 5.74) is 7.10. The van der Waals surface area contributed by atoms with Crippen molar-refractivity contribution in [3.63, 3.8) is 0 Å². The number of para-hydroxylation sites is 1. The van der Waals surface area contributed by atoms with E-state index in [0.29, 0.717) is 0 Å². The summed E-state index contributed by atoms with van der Waals surface area (Å²) in [6.45, 7) is 17.8. The number of aryl methyl sites for hydroxylation is 1. The van der Waals surface area contributed by atoms with Crippen LogP contribution in [0.15, 0.2) is 98.1 Å². The standard InChI is InChI=1S/C27H20N2.C9H10.C2H6/c1-4-16-14-18-10-13-24-25(21(18)15-17(16)5-2)20-11-12-23-26(27(20)29(24)3)19-8-6-7-9-22(19)28-23;1-3-9-7-5-4-6-8(9)2;1-2/h4-15,28H,1-2H2,3H3;3-7H,2H2,1H3;1-2H3/b;9-3-;. The molecule has 7 aromatic rings. The second-order valence-electron chi connectivity index (χ2n) is 9.67. The number of hydrogen-bond acceptors (Lipinski definition) is 0. The van der Waals surface area contributed by atoms with Crippen molar-refractivity contribution in [1.29, 1.82) is 0 Å². The van der Waals surface area contributed by atoms with E-state index in [1.807, 2.05) is 51.1 Å². The minimum absolute atomic E-state index is 1.10. The van der Waals surface area contributed by atoms with Crippen LogP contribution < -0.4 is 10.4 Å². The summed E-state index contributed by atoms with van der Waals surface area (Å²) in [5, 5.41) is 9.94. The maximum absolute atomic E-state index is 4.00. The summed E-state index contributed by atoms with van der Waals surface area (Å²) < 4.78 is 2.34. The quantitative estimate of drug-likeness (QED) is 0.234. The molecule has 2 aromatic heterocycles. The number of aromatic nitrogens is 2. The van der Waals surface area contributed by atoms with E-state index in [1.54, 1.807) is 0 Å². The summed E-state index contributed by atoms with van der Waals surface area (Å²) >= 11 is 0. The average Bonchev–Trinajstić information content (AvgIpc) is 3.53. The average molecular weight is 521 g/mol. The van der Waals surface area contributed by atoms with Crippen LogP contribution in [-0.2, 0) is 7.05 Å². The van der Waals surface area contributed by atoms with Crippen molar-refractivity contribution in [1.82, 2.24) is 9.55 Å². The Hall–Kier alpha value is -4.82. The Bertz CT molecular complexity index is 2150. The van der Waals surface area contributed by atoms with E-state index >= 15 is 0 Å². The number of aromatic amines is 1. The fourth-order valence-electron chi connectivity index (χ4n) is 5.72. The SMILES string of the molecule is C=Cc1cc2ccc3c(c2cc1C=C)c1ccc2[nH]c4ccccc4c2c1n3C.C=c1cccc/c1=C/C.CC. The van der Waals surface area contributed by atoms with Crippen LogP contribution >= 0.6 is 0 Å². The van der Waals surface area contributed by atoms with Crippen LogP contribution in [0.25, 0.3) is 79.2 Å². The van der Waals surface area contributed by atoms with Crippen molar-refractivity contribution in [2.24, 2.45) is 7.05 Å². The lowest BCUT2D eigenvalue weighted by molar-refractivity contribution is 1.02. The van der Waals surface area contributed by atoms with Gasteiger partial charge in [0.1, 0.15) is 0 Å². The number of H-pyrrole nitrogens is 1. The van der Waals surface area contributed by atoms with Crippen molar-refractivity contribution in [3.05, 3.63) is 120 Å². The van der Waals surface area contributed by atoms with Crippen LogP contribution in [0, 0.1) is 0 Å². The monoisotopic (exact) mass is 520 g/mol. The van der Waals surface area contributed by atoms with Crippen LogP contribution in [0.4, 0.5) is 0 Å².